The Balaban J connectivity index is 1.99. The summed E-state index contributed by atoms with van der Waals surface area (Å²) in [5.74, 6) is 0. The Morgan fingerprint density at radius 3 is 2.42 bits per heavy atom. The Hall–Kier alpha value is -0.960. The zero-order valence-corrected chi connectivity index (χ0v) is 12.5. The van der Waals surface area contributed by atoms with Gasteiger partial charge in [-0.25, -0.2) is 0 Å². The molecule has 0 amide bonds. The molecule has 1 atom stereocenters. The van der Waals surface area contributed by atoms with Gasteiger partial charge < -0.3 is 4.90 Å². The smallest absolute Gasteiger partial charge is 0.213 e. The summed E-state index contributed by atoms with van der Waals surface area (Å²) in [5, 5.41) is 0.336. The molecule has 0 radical (unpaired) electrons. The Morgan fingerprint density at radius 2 is 1.79 bits per heavy atom. The van der Waals surface area contributed by atoms with Crippen LogP contribution in [0.25, 0.3) is 0 Å². The summed E-state index contributed by atoms with van der Waals surface area (Å²) in [6.45, 7) is 4.16. The molecule has 2 aliphatic rings. The van der Waals surface area contributed by atoms with Gasteiger partial charge in [0.25, 0.3) is 0 Å². The lowest BCUT2D eigenvalue weighted by molar-refractivity contribution is -0.111. The number of carbonyl (C=O) groups is 1. The SMILES string of the molecule is Cc1ccc(N2[C@@H](C)C(=O)SC23CCCCC3)cc1. The van der Waals surface area contributed by atoms with Crippen LogP contribution in [0.5, 0.6) is 0 Å². The topological polar surface area (TPSA) is 20.3 Å². The van der Waals surface area contributed by atoms with E-state index in [2.05, 4.69) is 43.0 Å². The van der Waals surface area contributed by atoms with Crippen molar-refractivity contribution in [1.82, 2.24) is 0 Å². The van der Waals surface area contributed by atoms with Gasteiger partial charge >= 0.3 is 0 Å². The van der Waals surface area contributed by atoms with Gasteiger partial charge in [-0.1, -0.05) is 48.7 Å². The molecular formula is C16H21NOS. The first-order valence-corrected chi connectivity index (χ1v) is 8.03. The summed E-state index contributed by atoms with van der Waals surface area (Å²) >= 11 is 1.59. The fourth-order valence-corrected chi connectivity index (χ4v) is 4.90. The van der Waals surface area contributed by atoms with Crippen molar-refractivity contribution in [2.24, 2.45) is 0 Å². The van der Waals surface area contributed by atoms with Crippen LogP contribution in [0.15, 0.2) is 24.3 Å². The number of thioether (sulfide) groups is 1. The molecular weight excluding hydrogens is 254 g/mol. The molecule has 0 aromatic heterocycles. The Labute approximate surface area is 119 Å². The number of hydrogen-bond donors (Lipinski definition) is 0. The summed E-state index contributed by atoms with van der Waals surface area (Å²) in [6.07, 6.45) is 6.08. The van der Waals surface area contributed by atoms with Gasteiger partial charge in [-0.05, 0) is 38.8 Å². The number of anilines is 1. The van der Waals surface area contributed by atoms with Gasteiger partial charge in [-0.3, -0.25) is 4.79 Å². The third-order valence-electron chi connectivity index (χ3n) is 4.40. The highest BCUT2D eigenvalue weighted by Crippen LogP contribution is 2.51. The number of aryl methyl sites for hydroxylation is 1. The van der Waals surface area contributed by atoms with Crippen molar-refractivity contribution in [3.63, 3.8) is 0 Å². The van der Waals surface area contributed by atoms with E-state index in [1.54, 1.807) is 11.8 Å². The first kappa shape index (κ1) is 13.0. The number of nitrogens with zero attached hydrogens (tertiary/aromatic N) is 1. The largest absolute Gasteiger partial charge is 0.346 e. The molecule has 1 aromatic carbocycles. The van der Waals surface area contributed by atoms with Crippen LogP contribution in [0.4, 0.5) is 5.69 Å². The predicted octanol–water partition coefficient (Wildman–Crippen LogP) is 4.12. The summed E-state index contributed by atoms with van der Waals surface area (Å²) in [6, 6.07) is 8.63. The van der Waals surface area contributed by atoms with Crippen LogP contribution in [0.1, 0.15) is 44.6 Å². The van der Waals surface area contributed by atoms with Crippen molar-refractivity contribution < 1.29 is 4.79 Å². The number of carbonyl (C=O) groups excluding carboxylic acids is 1. The van der Waals surface area contributed by atoms with E-state index in [0.29, 0.717) is 5.12 Å². The van der Waals surface area contributed by atoms with Gasteiger partial charge in [0.2, 0.25) is 5.12 Å². The maximum Gasteiger partial charge on any atom is 0.213 e. The standard InChI is InChI=1S/C16H21NOS/c1-12-6-8-14(9-7-12)17-13(2)15(18)19-16(17)10-4-3-5-11-16/h6-9,13H,3-5,10-11H2,1-2H3/t13-/m0/s1. The van der Waals surface area contributed by atoms with Crippen molar-refractivity contribution in [1.29, 1.82) is 0 Å². The number of hydrogen-bond acceptors (Lipinski definition) is 3. The normalized spacial score (nSPS) is 26.1. The van der Waals surface area contributed by atoms with Crippen LogP contribution >= 0.6 is 11.8 Å². The lowest BCUT2D eigenvalue weighted by Gasteiger charge is -2.42. The average molecular weight is 275 g/mol. The molecule has 1 aliphatic carbocycles. The van der Waals surface area contributed by atoms with Crippen molar-refractivity contribution >= 4 is 22.6 Å². The Bertz CT molecular complexity index is 476. The summed E-state index contributed by atoms with van der Waals surface area (Å²) in [5.41, 5.74) is 2.48. The van der Waals surface area contributed by atoms with Gasteiger partial charge in [0, 0.05) is 5.69 Å². The molecule has 0 unspecified atom stereocenters. The molecule has 1 saturated carbocycles. The molecule has 102 valence electrons. The molecule has 0 bridgehead atoms. The minimum Gasteiger partial charge on any atom is -0.346 e. The lowest BCUT2D eigenvalue weighted by atomic mass is 9.92. The number of benzene rings is 1. The summed E-state index contributed by atoms with van der Waals surface area (Å²) in [7, 11) is 0. The predicted molar refractivity (Wildman–Crippen MR) is 81.5 cm³/mol. The monoisotopic (exact) mass is 275 g/mol. The molecule has 1 heterocycles. The maximum atomic E-state index is 12.2. The first-order chi connectivity index (χ1) is 9.12. The van der Waals surface area contributed by atoms with Crippen LogP contribution < -0.4 is 4.90 Å². The van der Waals surface area contributed by atoms with E-state index >= 15 is 0 Å². The van der Waals surface area contributed by atoms with E-state index in [0.717, 1.165) is 12.8 Å². The molecule has 2 fully saturated rings. The highest BCUT2D eigenvalue weighted by Gasteiger charge is 2.50. The van der Waals surface area contributed by atoms with Gasteiger partial charge in [-0.15, -0.1) is 0 Å². The fourth-order valence-electron chi connectivity index (χ4n) is 3.39. The Morgan fingerprint density at radius 1 is 1.16 bits per heavy atom. The highest BCUT2D eigenvalue weighted by molar-refractivity contribution is 8.15. The second-order valence-corrected chi connectivity index (χ2v) is 7.18. The maximum absolute atomic E-state index is 12.2. The zero-order chi connectivity index (χ0) is 13.5. The summed E-state index contributed by atoms with van der Waals surface area (Å²) < 4.78 is 0. The van der Waals surface area contributed by atoms with Gasteiger partial charge in [0.1, 0.15) is 0 Å². The molecule has 1 aromatic rings. The van der Waals surface area contributed by atoms with Crippen LogP contribution in [0.3, 0.4) is 0 Å². The third-order valence-corrected chi connectivity index (χ3v) is 5.93. The van der Waals surface area contributed by atoms with E-state index < -0.39 is 0 Å². The van der Waals surface area contributed by atoms with Crippen molar-refractivity contribution in [2.75, 3.05) is 4.90 Å². The lowest BCUT2D eigenvalue weighted by Crippen LogP contribution is -2.47. The fraction of sp³-hybridized carbons (Fsp3) is 0.562. The van der Waals surface area contributed by atoms with E-state index in [1.807, 2.05) is 0 Å². The molecule has 1 aliphatic heterocycles. The van der Waals surface area contributed by atoms with Crippen molar-refractivity contribution in [2.45, 2.75) is 56.9 Å². The van der Waals surface area contributed by atoms with E-state index in [4.69, 9.17) is 0 Å². The van der Waals surface area contributed by atoms with Crippen LogP contribution in [-0.2, 0) is 4.79 Å². The zero-order valence-electron chi connectivity index (χ0n) is 11.7. The average Bonchev–Trinajstić information content (AvgIpc) is 2.64. The van der Waals surface area contributed by atoms with Gasteiger partial charge in [0.15, 0.2) is 0 Å². The second kappa shape index (κ2) is 4.86. The van der Waals surface area contributed by atoms with Crippen molar-refractivity contribution in [3.8, 4) is 0 Å². The first-order valence-electron chi connectivity index (χ1n) is 7.21. The van der Waals surface area contributed by atoms with Crippen LogP contribution in [0.2, 0.25) is 0 Å². The molecule has 2 nitrogen and oxygen atoms in total. The molecule has 0 N–H and O–H groups in total. The van der Waals surface area contributed by atoms with Crippen LogP contribution in [-0.4, -0.2) is 16.0 Å². The second-order valence-electron chi connectivity index (χ2n) is 5.81. The van der Waals surface area contributed by atoms with E-state index in [9.17, 15) is 4.79 Å². The van der Waals surface area contributed by atoms with Gasteiger partial charge in [-0.2, -0.15) is 0 Å². The van der Waals surface area contributed by atoms with Gasteiger partial charge in [0.05, 0.1) is 10.9 Å². The molecule has 3 heteroatoms. The highest BCUT2D eigenvalue weighted by atomic mass is 32.2. The molecule has 1 saturated heterocycles. The van der Waals surface area contributed by atoms with E-state index in [1.165, 1.54) is 30.5 Å². The molecule has 19 heavy (non-hydrogen) atoms. The Kier molecular flexibility index (Phi) is 3.34. The molecule has 3 rings (SSSR count). The minimum atomic E-state index is 0.00538. The van der Waals surface area contributed by atoms with Crippen molar-refractivity contribution in [3.05, 3.63) is 29.8 Å². The van der Waals surface area contributed by atoms with Crippen LogP contribution in [0, 0.1) is 6.92 Å². The number of rotatable bonds is 1. The quantitative estimate of drug-likeness (QED) is 0.769. The molecule has 1 spiro atoms. The third kappa shape index (κ3) is 2.18. The summed E-state index contributed by atoms with van der Waals surface area (Å²) in [4.78, 5) is 14.6. The minimum absolute atomic E-state index is 0.00538. The van der Waals surface area contributed by atoms with E-state index in [-0.39, 0.29) is 10.9 Å².